The van der Waals surface area contributed by atoms with Gasteiger partial charge < -0.3 is 4.90 Å². The van der Waals surface area contributed by atoms with Crippen LogP contribution in [0.1, 0.15) is 52.9 Å². The van der Waals surface area contributed by atoms with Crippen molar-refractivity contribution in [2.45, 2.75) is 58.5 Å². The van der Waals surface area contributed by atoms with Crippen LogP contribution in [0, 0.1) is 5.92 Å². The second kappa shape index (κ2) is 8.09. The lowest BCUT2D eigenvalue weighted by Crippen LogP contribution is -2.48. The molecule has 3 nitrogen and oxygen atoms in total. The van der Waals surface area contributed by atoms with Gasteiger partial charge in [0.25, 0.3) is 0 Å². The van der Waals surface area contributed by atoms with E-state index in [2.05, 4.69) is 42.7 Å². The van der Waals surface area contributed by atoms with E-state index in [1.165, 1.54) is 58.4 Å². The third kappa shape index (κ3) is 4.17. The standard InChI is InChI=1S/C18H33N3/c1-4-18(12-8-13-19-18)21-15-10-17(11-16-21)9-7-14-20(5-2)6-3/h8,12-13,17H,4-7,9-11,14-16H2,1-3H3. The zero-order chi connectivity index (χ0) is 15.1. The van der Waals surface area contributed by atoms with Crippen LogP contribution in [-0.4, -0.2) is 54.4 Å². The monoisotopic (exact) mass is 291 g/mol. The summed E-state index contributed by atoms with van der Waals surface area (Å²) < 4.78 is 0. The third-order valence-corrected chi connectivity index (χ3v) is 5.41. The number of nitrogens with zero attached hydrogens (tertiary/aromatic N) is 3. The van der Waals surface area contributed by atoms with E-state index in [4.69, 9.17) is 4.99 Å². The number of piperidine rings is 1. The van der Waals surface area contributed by atoms with Crippen LogP contribution < -0.4 is 0 Å². The van der Waals surface area contributed by atoms with Gasteiger partial charge in [-0.3, -0.25) is 9.89 Å². The number of allylic oxidation sites excluding steroid dienone is 1. The molecule has 3 heteroatoms. The smallest absolute Gasteiger partial charge is 0.131 e. The molecule has 1 unspecified atom stereocenters. The van der Waals surface area contributed by atoms with Crippen molar-refractivity contribution in [1.29, 1.82) is 0 Å². The van der Waals surface area contributed by atoms with Gasteiger partial charge in [0.05, 0.1) is 0 Å². The van der Waals surface area contributed by atoms with Gasteiger partial charge in [-0.25, -0.2) is 0 Å². The van der Waals surface area contributed by atoms with Crippen LogP contribution in [0.2, 0.25) is 0 Å². The average Bonchev–Trinajstić information content (AvgIpc) is 3.02. The molecule has 0 aromatic rings. The quantitative estimate of drug-likeness (QED) is 0.681. The molecule has 0 N–H and O–H groups in total. The fraction of sp³-hybridized carbons (Fsp3) is 0.833. The van der Waals surface area contributed by atoms with E-state index in [9.17, 15) is 0 Å². The highest BCUT2D eigenvalue weighted by atomic mass is 15.3. The van der Waals surface area contributed by atoms with Crippen LogP contribution in [0.3, 0.4) is 0 Å². The molecule has 0 amide bonds. The first-order valence-corrected chi connectivity index (χ1v) is 8.94. The normalized spacial score (nSPS) is 27.0. The summed E-state index contributed by atoms with van der Waals surface area (Å²) in [4.78, 5) is 9.86. The molecule has 0 bridgehead atoms. The second-order valence-electron chi connectivity index (χ2n) is 6.47. The lowest BCUT2D eigenvalue weighted by atomic mass is 9.90. The molecule has 2 aliphatic rings. The summed E-state index contributed by atoms with van der Waals surface area (Å²) in [5.74, 6) is 0.931. The Morgan fingerprint density at radius 1 is 1.19 bits per heavy atom. The predicted octanol–water partition coefficient (Wildman–Crippen LogP) is 3.57. The SMILES string of the molecule is CCN(CC)CCCC1CCN(C2(CC)C=CC=N2)CC1. The number of hydrogen-bond donors (Lipinski definition) is 0. The molecule has 1 saturated heterocycles. The summed E-state index contributed by atoms with van der Waals surface area (Å²) in [6.45, 7) is 12.9. The fourth-order valence-corrected chi connectivity index (χ4v) is 3.78. The van der Waals surface area contributed by atoms with Crippen molar-refractivity contribution in [2.24, 2.45) is 10.9 Å². The molecule has 2 aliphatic heterocycles. The van der Waals surface area contributed by atoms with Gasteiger partial charge in [0.1, 0.15) is 5.66 Å². The van der Waals surface area contributed by atoms with Gasteiger partial charge in [-0.15, -0.1) is 0 Å². The van der Waals surface area contributed by atoms with E-state index in [-0.39, 0.29) is 5.66 Å². The Bertz CT molecular complexity index is 337. The van der Waals surface area contributed by atoms with E-state index in [1.807, 2.05) is 6.21 Å². The van der Waals surface area contributed by atoms with Crippen molar-refractivity contribution in [3.05, 3.63) is 12.2 Å². The van der Waals surface area contributed by atoms with E-state index in [1.54, 1.807) is 0 Å². The highest BCUT2D eigenvalue weighted by Gasteiger charge is 2.35. The molecular formula is C18H33N3. The van der Waals surface area contributed by atoms with E-state index in [0.717, 1.165) is 12.3 Å². The average molecular weight is 291 g/mol. The van der Waals surface area contributed by atoms with Gasteiger partial charge in [0.2, 0.25) is 0 Å². The molecule has 1 atom stereocenters. The van der Waals surface area contributed by atoms with E-state index < -0.39 is 0 Å². The largest absolute Gasteiger partial charge is 0.304 e. The molecule has 0 aromatic carbocycles. The topological polar surface area (TPSA) is 18.8 Å². The maximum Gasteiger partial charge on any atom is 0.131 e. The minimum atomic E-state index is -0.00775. The van der Waals surface area contributed by atoms with Crippen LogP contribution in [0.5, 0.6) is 0 Å². The van der Waals surface area contributed by atoms with Gasteiger partial charge >= 0.3 is 0 Å². The molecule has 0 aromatic heterocycles. The molecule has 0 radical (unpaired) electrons. The Balaban J connectivity index is 1.71. The van der Waals surface area contributed by atoms with Crippen LogP contribution in [0.15, 0.2) is 17.1 Å². The third-order valence-electron chi connectivity index (χ3n) is 5.41. The number of likely N-dealkylation sites (tertiary alicyclic amines) is 1. The lowest BCUT2D eigenvalue weighted by molar-refractivity contribution is 0.0835. The minimum Gasteiger partial charge on any atom is -0.304 e. The Labute approximate surface area is 131 Å². The zero-order valence-corrected chi connectivity index (χ0v) is 14.2. The van der Waals surface area contributed by atoms with E-state index >= 15 is 0 Å². The molecule has 21 heavy (non-hydrogen) atoms. The van der Waals surface area contributed by atoms with Crippen LogP contribution in [0.25, 0.3) is 0 Å². The summed E-state index contributed by atoms with van der Waals surface area (Å²) in [6, 6.07) is 0. The number of rotatable bonds is 8. The van der Waals surface area contributed by atoms with Gasteiger partial charge in [0.15, 0.2) is 0 Å². The Morgan fingerprint density at radius 2 is 1.90 bits per heavy atom. The van der Waals surface area contributed by atoms with Crippen molar-refractivity contribution in [2.75, 3.05) is 32.7 Å². The summed E-state index contributed by atoms with van der Waals surface area (Å²) in [6.07, 6.45) is 12.9. The highest BCUT2D eigenvalue weighted by molar-refractivity contribution is 5.75. The lowest BCUT2D eigenvalue weighted by Gasteiger charge is -2.41. The van der Waals surface area contributed by atoms with Crippen molar-refractivity contribution in [1.82, 2.24) is 9.80 Å². The van der Waals surface area contributed by atoms with Gasteiger partial charge in [-0.2, -0.15) is 0 Å². The van der Waals surface area contributed by atoms with Crippen LogP contribution >= 0.6 is 0 Å². The highest BCUT2D eigenvalue weighted by Crippen LogP contribution is 2.32. The fourth-order valence-electron chi connectivity index (χ4n) is 3.78. The second-order valence-corrected chi connectivity index (χ2v) is 6.47. The summed E-state index contributed by atoms with van der Waals surface area (Å²) in [5.41, 5.74) is -0.00775. The van der Waals surface area contributed by atoms with Gasteiger partial charge in [-0.1, -0.05) is 20.8 Å². The molecule has 0 aliphatic carbocycles. The summed E-state index contributed by atoms with van der Waals surface area (Å²) in [7, 11) is 0. The first-order valence-electron chi connectivity index (χ1n) is 8.94. The van der Waals surface area contributed by atoms with Crippen molar-refractivity contribution >= 4 is 6.21 Å². The van der Waals surface area contributed by atoms with Crippen molar-refractivity contribution in [3.8, 4) is 0 Å². The summed E-state index contributed by atoms with van der Waals surface area (Å²) >= 11 is 0. The molecule has 1 fully saturated rings. The van der Waals surface area contributed by atoms with Gasteiger partial charge in [-0.05, 0) is 69.8 Å². The Morgan fingerprint density at radius 3 is 2.43 bits per heavy atom. The molecule has 2 rings (SSSR count). The maximum atomic E-state index is 4.73. The Hall–Kier alpha value is -0.670. The zero-order valence-electron chi connectivity index (χ0n) is 14.2. The Kier molecular flexibility index (Phi) is 6.43. The first-order chi connectivity index (χ1) is 10.2. The maximum absolute atomic E-state index is 4.73. The van der Waals surface area contributed by atoms with Crippen LogP contribution in [-0.2, 0) is 0 Å². The molecule has 0 spiro atoms. The number of hydrogen-bond acceptors (Lipinski definition) is 3. The minimum absolute atomic E-state index is 0.00775. The summed E-state index contributed by atoms with van der Waals surface area (Å²) in [5, 5.41) is 0. The molecular weight excluding hydrogens is 258 g/mol. The molecule has 2 heterocycles. The van der Waals surface area contributed by atoms with Gasteiger partial charge in [0, 0.05) is 19.3 Å². The predicted molar refractivity (Wildman–Crippen MR) is 92.0 cm³/mol. The molecule has 0 saturated carbocycles. The first kappa shape index (κ1) is 16.7. The van der Waals surface area contributed by atoms with Crippen molar-refractivity contribution < 1.29 is 0 Å². The molecule has 120 valence electrons. The van der Waals surface area contributed by atoms with Crippen molar-refractivity contribution in [3.63, 3.8) is 0 Å². The van der Waals surface area contributed by atoms with Crippen LogP contribution in [0.4, 0.5) is 0 Å². The number of aliphatic imine (C=N–C) groups is 1. The van der Waals surface area contributed by atoms with E-state index in [0.29, 0.717) is 0 Å².